The van der Waals surface area contributed by atoms with E-state index in [4.69, 9.17) is 16.3 Å². The number of ether oxygens (including phenoxy) is 1. The molecule has 0 saturated carbocycles. The molecule has 1 fully saturated rings. The molecule has 0 aliphatic carbocycles. The molecule has 0 atom stereocenters. The lowest BCUT2D eigenvalue weighted by molar-refractivity contribution is 0.122. The number of rotatable bonds is 3. The van der Waals surface area contributed by atoms with E-state index in [0.29, 0.717) is 10.8 Å². The van der Waals surface area contributed by atoms with Gasteiger partial charge in [0.05, 0.1) is 19.6 Å². The highest BCUT2D eigenvalue weighted by atomic mass is 35.5. The van der Waals surface area contributed by atoms with Gasteiger partial charge in [-0.3, -0.25) is 0 Å². The molecule has 5 nitrogen and oxygen atoms in total. The van der Waals surface area contributed by atoms with Crippen molar-refractivity contribution >= 4 is 29.6 Å². The largest absolute Gasteiger partial charge is 0.378 e. The molecule has 2 rings (SSSR count). The molecule has 0 bridgehead atoms. The van der Waals surface area contributed by atoms with E-state index in [-0.39, 0.29) is 0 Å². The number of nitrogens with zero attached hydrogens (tertiary/aromatic N) is 4. The van der Waals surface area contributed by atoms with Crippen molar-refractivity contribution in [2.75, 3.05) is 45.3 Å². The third-order valence-corrected chi connectivity index (χ3v) is 2.74. The number of pyridine rings is 1. The summed E-state index contributed by atoms with van der Waals surface area (Å²) in [5, 5.41) is 0.650. The van der Waals surface area contributed by atoms with Gasteiger partial charge in [0.1, 0.15) is 5.82 Å². The first-order valence-electron chi connectivity index (χ1n) is 5.86. The number of aromatic nitrogens is 1. The summed E-state index contributed by atoms with van der Waals surface area (Å²) < 4.78 is 5.32. The molecule has 1 saturated heterocycles. The van der Waals surface area contributed by atoms with Crippen LogP contribution in [-0.4, -0.2) is 56.6 Å². The molecule has 1 aliphatic rings. The fourth-order valence-electron chi connectivity index (χ4n) is 1.67. The standard InChI is InChI=1S/C12H17ClN4O/c1-16(2)9-14-11-7-10(13)8-12(15-11)17-3-5-18-6-4-17/h7-9H,3-6H2,1-2H3. The Morgan fingerprint density at radius 2 is 2.11 bits per heavy atom. The maximum atomic E-state index is 6.10. The lowest BCUT2D eigenvalue weighted by Gasteiger charge is -2.27. The van der Waals surface area contributed by atoms with Crippen molar-refractivity contribution < 1.29 is 4.74 Å². The van der Waals surface area contributed by atoms with Crippen molar-refractivity contribution in [1.29, 1.82) is 0 Å². The van der Waals surface area contributed by atoms with Crippen molar-refractivity contribution in [2.24, 2.45) is 4.99 Å². The second kappa shape index (κ2) is 6.02. The summed E-state index contributed by atoms with van der Waals surface area (Å²) in [6, 6.07) is 3.62. The van der Waals surface area contributed by atoms with Crippen LogP contribution in [0.4, 0.5) is 11.6 Å². The van der Waals surface area contributed by atoms with Crippen molar-refractivity contribution in [2.45, 2.75) is 0 Å². The number of anilines is 1. The minimum Gasteiger partial charge on any atom is -0.378 e. The molecule has 6 heteroatoms. The Hall–Kier alpha value is -1.33. The molecular weight excluding hydrogens is 252 g/mol. The van der Waals surface area contributed by atoms with Gasteiger partial charge < -0.3 is 14.5 Å². The quantitative estimate of drug-likeness (QED) is 0.619. The van der Waals surface area contributed by atoms with Crippen LogP contribution >= 0.6 is 11.6 Å². The molecular formula is C12H17ClN4O. The van der Waals surface area contributed by atoms with Crippen LogP contribution in [0.2, 0.25) is 5.02 Å². The van der Waals surface area contributed by atoms with Gasteiger partial charge in [-0.15, -0.1) is 0 Å². The van der Waals surface area contributed by atoms with Crippen molar-refractivity contribution in [1.82, 2.24) is 9.88 Å². The smallest absolute Gasteiger partial charge is 0.157 e. The highest BCUT2D eigenvalue weighted by Gasteiger charge is 2.13. The summed E-state index contributed by atoms with van der Waals surface area (Å²) >= 11 is 6.10. The van der Waals surface area contributed by atoms with Crippen LogP contribution in [0.1, 0.15) is 0 Å². The molecule has 98 valence electrons. The summed E-state index contributed by atoms with van der Waals surface area (Å²) in [6.07, 6.45) is 1.71. The average molecular weight is 269 g/mol. The van der Waals surface area contributed by atoms with Crippen LogP contribution in [0.5, 0.6) is 0 Å². The van der Waals surface area contributed by atoms with Crippen molar-refractivity contribution in [3.8, 4) is 0 Å². The zero-order valence-electron chi connectivity index (χ0n) is 10.6. The zero-order valence-corrected chi connectivity index (χ0v) is 11.4. The average Bonchev–Trinajstić information content (AvgIpc) is 2.37. The van der Waals surface area contributed by atoms with E-state index >= 15 is 0 Å². The third kappa shape index (κ3) is 3.58. The van der Waals surface area contributed by atoms with Crippen LogP contribution in [0.25, 0.3) is 0 Å². The molecule has 18 heavy (non-hydrogen) atoms. The fraction of sp³-hybridized carbons (Fsp3) is 0.500. The number of morpholine rings is 1. The lowest BCUT2D eigenvalue weighted by Crippen LogP contribution is -2.36. The highest BCUT2D eigenvalue weighted by molar-refractivity contribution is 6.31. The van der Waals surface area contributed by atoms with Crippen LogP contribution in [0.15, 0.2) is 17.1 Å². The van der Waals surface area contributed by atoms with E-state index < -0.39 is 0 Å². The summed E-state index contributed by atoms with van der Waals surface area (Å²) in [4.78, 5) is 12.8. The van der Waals surface area contributed by atoms with Gasteiger partial charge in [-0.25, -0.2) is 9.98 Å². The van der Waals surface area contributed by atoms with E-state index in [1.165, 1.54) is 0 Å². The van der Waals surface area contributed by atoms with Gasteiger partial charge in [-0.2, -0.15) is 0 Å². The summed E-state index contributed by atoms with van der Waals surface area (Å²) in [7, 11) is 3.83. The number of hydrogen-bond acceptors (Lipinski definition) is 4. The van der Waals surface area contributed by atoms with Gasteiger partial charge in [0.15, 0.2) is 5.82 Å². The predicted molar refractivity (Wildman–Crippen MR) is 74.1 cm³/mol. The van der Waals surface area contributed by atoms with E-state index in [0.717, 1.165) is 32.1 Å². The number of aliphatic imine (C=N–C) groups is 1. The van der Waals surface area contributed by atoms with Crippen LogP contribution in [0, 0.1) is 0 Å². The Kier molecular flexibility index (Phi) is 4.38. The predicted octanol–water partition coefficient (Wildman–Crippen LogP) is 1.79. The molecule has 0 radical (unpaired) electrons. The van der Waals surface area contributed by atoms with Crippen LogP contribution in [-0.2, 0) is 4.74 Å². The second-order valence-electron chi connectivity index (χ2n) is 4.31. The van der Waals surface area contributed by atoms with Crippen molar-refractivity contribution in [3.05, 3.63) is 17.2 Å². The Balaban J connectivity index is 2.20. The Bertz CT molecular complexity index is 430. The second-order valence-corrected chi connectivity index (χ2v) is 4.75. The molecule has 2 heterocycles. The molecule has 0 N–H and O–H groups in total. The van der Waals surface area contributed by atoms with Gasteiger partial charge >= 0.3 is 0 Å². The molecule has 0 unspecified atom stereocenters. The maximum Gasteiger partial charge on any atom is 0.157 e. The van der Waals surface area contributed by atoms with Gasteiger partial charge in [-0.05, 0) is 6.07 Å². The first-order chi connectivity index (χ1) is 8.65. The zero-order chi connectivity index (χ0) is 13.0. The first kappa shape index (κ1) is 13.1. The van der Waals surface area contributed by atoms with E-state index in [1.54, 1.807) is 12.4 Å². The van der Waals surface area contributed by atoms with Crippen LogP contribution < -0.4 is 4.90 Å². The minimum atomic E-state index is 0.623. The number of hydrogen-bond donors (Lipinski definition) is 0. The molecule has 0 aromatic carbocycles. The topological polar surface area (TPSA) is 41.0 Å². The summed E-state index contributed by atoms with van der Waals surface area (Å²) in [6.45, 7) is 3.13. The lowest BCUT2D eigenvalue weighted by atomic mass is 10.3. The monoisotopic (exact) mass is 268 g/mol. The Labute approximate surface area is 112 Å². The first-order valence-corrected chi connectivity index (χ1v) is 6.24. The summed E-state index contributed by atoms with van der Waals surface area (Å²) in [5.41, 5.74) is 0. The van der Waals surface area contributed by atoms with Gasteiger partial charge in [0, 0.05) is 38.3 Å². The van der Waals surface area contributed by atoms with E-state index in [2.05, 4.69) is 14.9 Å². The normalized spacial score (nSPS) is 16.3. The Morgan fingerprint density at radius 1 is 1.39 bits per heavy atom. The Morgan fingerprint density at radius 3 is 2.78 bits per heavy atom. The molecule has 1 aliphatic heterocycles. The fourth-order valence-corrected chi connectivity index (χ4v) is 1.86. The van der Waals surface area contributed by atoms with E-state index in [9.17, 15) is 0 Å². The van der Waals surface area contributed by atoms with E-state index in [1.807, 2.05) is 25.1 Å². The van der Waals surface area contributed by atoms with Gasteiger partial charge in [0.25, 0.3) is 0 Å². The van der Waals surface area contributed by atoms with Gasteiger partial charge in [-0.1, -0.05) is 11.6 Å². The maximum absolute atomic E-state index is 6.10. The minimum absolute atomic E-state index is 0.623. The molecule has 1 aromatic heterocycles. The highest BCUT2D eigenvalue weighted by Crippen LogP contribution is 2.23. The number of halogens is 1. The summed E-state index contributed by atoms with van der Waals surface area (Å²) in [5.74, 6) is 1.48. The molecule has 0 spiro atoms. The SMILES string of the molecule is CN(C)C=Nc1cc(Cl)cc(N2CCOCC2)n1. The van der Waals surface area contributed by atoms with Gasteiger partial charge in [0.2, 0.25) is 0 Å². The molecule has 0 amide bonds. The molecule has 1 aromatic rings. The third-order valence-electron chi connectivity index (χ3n) is 2.52. The van der Waals surface area contributed by atoms with Crippen LogP contribution in [0.3, 0.4) is 0 Å². The van der Waals surface area contributed by atoms with Crippen molar-refractivity contribution in [3.63, 3.8) is 0 Å².